The zero-order chi connectivity index (χ0) is 23.0. The summed E-state index contributed by atoms with van der Waals surface area (Å²) in [6, 6.07) is 3.77. The molecular formula is C23H28N4O3S2. The molecule has 0 N–H and O–H groups in total. The van der Waals surface area contributed by atoms with E-state index in [0.29, 0.717) is 45.9 Å². The molecule has 0 saturated carbocycles. The molecular weight excluding hydrogens is 444 g/mol. The van der Waals surface area contributed by atoms with Gasteiger partial charge in [-0.1, -0.05) is 43.4 Å². The predicted octanol–water partition coefficient (Wildman–Crippen LogP) is 3.62. The average molecular weight is 473 g/mol. The summed E-state index contributed by atoms with van der Waals surface area (Å²) in [4.78, 5) is 35.7. The van der Waals surface area contributed by atoms with Gasteiger partial charge in [0.15, 0.2) is 0 Å². The number of ether oxygens (including phenoxy) is 1. The molecule has 2 aromatic rings. The maximum absolute atomic E-state index is 13.6. The van der Waals surface area contributed by atoms with Gasteiger partial charge in [0.05, 0.1) is 22.7 Å². The lowest BCUT2D eigenvalue weighted by atomic mass is 10.1. The minimum Gasteiger partial charge on any atom is -0.372 e. The van der Waals surface area contributed by atoms with Gasteiger partial charge in [-0.15, -0.1) is 0 Å². The van der Waals surface area contributed by atoms with E-state index in [1.54, 1.807) is 21.6 Å². The first kappa shape index (κ1) is 22.9. The van der Waals surface area contributed by atoms with E-state index < -0.39 is 0 Å². The zero-order valence-electron chi connectivity index (χ0n) is 18.8. The molecule has 2 atom stereocenters. The molecule has 0 aliphatic carbocycles. The van der Waals surface area contributed by atoms with Crippen LogP contribution in [-0.2, 0) is 9.53 Å². The number of hydrogen-bond donors (Lipinski definition) is 0. The van der Waals surface area contributed by atoms with E-state index >= 15 is 0 Å². The molecule has 0 bridgehead atoms. The van der Waals surface area contributed by atoms with Crippen LogP contribution in [0.15, 0.2) is 28.0 Å². The standard InChI is InChI=1S/C23H28N4O3S2/c1-5-6-9-27-22(29)18(32-23(27)31)11-17-20(25-12-15(3)30-16(4)13-25)24-19-14(2)8-7-10-26(19)21(17)28/h7-8,10-11,15-16H,5-6,9,12-13H2,1-4H3. The number of nitrogens with zero attached hydrogens (tertiary/aromatic N) is 4. The smallest absolute Gasteiger partial charge is 0.267 e. The quantitative estimate of drug-likeness (QED) is 0.486. The number of thiocarbonyl (C=S) groups is 1. The number of thioether (sulfide) groups is 1. The molecule has 0 radical (unpaired) electrons. The van der Waals surface area contributed by atoms with Crippen LogP contribution in [0.3, 0.4) is 0 Å². The van der Waals surface area contributed by atoms with Crippen LogP contribution in [0, 0.1) is 6.92 Å². The maximum Gasteiger partial charge on any atom is 0.267 e. The predicted molar refractivity (Wildman–Crippen MR) is 133 cm³/mol. The molecule has 4 heterocycles. The van der Waals surface area contributed by atoms with Crippen molar-refractivity contribution in [1.29, 1.82) is 0 Å². The number of unbranched alkanes of at least 4 members (excludes halogenated alkanes) is 1. The van der Waals surface area contributed by atoms with Crippen LogP contribution in [0.2, 0.25) is 0 Å². The fourth-order valence-corrected chi connectivity index (χ4v) is 5.45. The van der Waals surface area contributed by atoms with Crippen molar-refractivity contribution in [2.75, 3.05) is 24.5 Å². The summed E-state index contributed by atoms with van der Waals surface area (Å²) in [5.74, 6) is 0.446. The zero-order valence-corrected chi connectivity index (χ0v) is 20.5. The molecule has 1 amide bonds. The van der Waals surface area contributed by atoms with Crippen molar-refractivity contribution in [2.24, 2.45) is 0 Å². The molecule has 2 saturated heterocycles. The van der Waals surface area contributed by atoms with Gasteiger partial charge in [-0.3, -0.25) is 18.9 Å². The lowest BCUT2D eigenvalue weighted by molar-refractivity contribution is -0.122. The molecule has 2 unspecified atom stereocenters. The van der Waals surface area contributed by atoms with Gasteiger partial charge in [0.25, 0.3) is 11.5 Å². The third kappa shape index (κ3) is 4.33. The van der Waals surface area contributed by atoms with Gasteiger partial charge in [0.2, 0.25) is 0 Å². The van der Waals surface area contributed by atoms with Crippen molar-refractivity contribution in [3.8, 4) is 0 Å². The Labute approximate surface area is 197 Å². The summed E-state index contributed by atoms with van der Waals surface area (Å²) in [6.07, 6.45) is 5.27. The van der Waals surface area contributed by atoms with Gasteiger partial charge in [0, 0.05) is 25.8 Å². The second-order valence-corrected chi connectivity index (χ2v) is 10.1. The Morgan fingerprint density at radius 3 is 2.69 bits per heavy atom. The molecule has 0 aromatic carbocycles. The SMILES string of the molecule is CCCCN1C(=O)C(=Cc2c(N3CC(C)OC(C)C3)nc3c(C)cccn3c2=O)SC1=S. The number of morpholine rings is 1. The largest absolute Gasteiger partial charge is 0.372 e. The Hall–Kier alpha value is -2.23. The van der Waals surface area contributed by atoms with Crippen LogP contribution in [0.25, 0.3) is 11.7 Å². The normalized spacial score (nSPS) is 23.1. The summed E-state index contributed by atoms with van der Waals surface area (Å²) in [5.41, 5.74) is 1.74. The highest BCUT2D eigenvalue weighted by molar-refractivity contribution is 8.26. The van der Waals surface area contributed by atoms with Crippen LogP contribution in [0.5, 0.6) is 0 Å². The number of rotatable bonds is 5. The molecule has 0 spiro atoms. The maximum atomic E-state index is 13.6. The van der Waals surface area contributed by atoms with E-state index in [1.807, 2.05) is 32.9 Å². The summed E-state index contributed by atoms with van der Waals surface area (Å²) in [5, 5.41) is 0. The summed E-state index contributed by atoms with van der Waals surface area (Å²) in [6.45, 7) is 9.88. The van der Waals surface area contributed by atoms with Crippen molar-refractivity contribution in [3.63, 3.8) is 0 Å². The second kappa shape index (κ2) is 9.33. The molecule has 2 fully saturated rings. The van der Waals surface area contributed by atoms with E-state index in [1.165, 1.54) is 11.8 Å². The van der Waals surface area contributed by atoms with Crippen molar-refractivity contribution in [1.82, 2.24) is 14.3 Å². The number of fused-ring (bicyclic) bond motifs is 1. The first-order valence-corrected chi connectivity index (χ1v) is 12.2. The molecule has 4 rings (SSSR count). The van der Waals surface area contributed by atoms with Crippen LogP contribution >= 0.6 is 24.0 Å². The lowest BCUT2D eigenvalue weighted by Gasteiger charge is -2.36. The van der Waals surface area contributed by atoms with Crippen LogP contribution < -0.4 is 10.5 Å². The highest BCUT2D eigenvalue weighted by Crippen LogP contribution is 2.34. The number of hydrogen-bond acceptors (Lipinski definition) is 7. The molecule has 7 nitrogen and oxygen atoms in total. The molecule has 170 valence electrons. The first-order chi connectivity index (χ1) is 15.3. The van der Waals surface area contributed by atoms with Crippen LogP contribution in [0.1, 0.15) is 44.7 Å². The molecule has 9 heteroatoms. The minimum absolute atomic E-state index is 0.0102. The van der Waals surface area contributed by atoms with Gasteiger partial charge in [-0.25, -0.2) is 4.98 Å². The van der Waals surface area contributed by atoms with Crippen molar-refractivity contribution in [3.05, 3.63) is 44.7 Å². The van der Waals surface area contributed by atoms with Crippen molar-refractivity contribution >= 4 is 51.7 Å². The van der Waals surface area contributed by atoms with Crippen molar-refractivity contribution in [2.45, 2.75) is 52.7 Å². The van der Waals surface area contributed by atoms with E-state index in [9.17, 15) is 9.59 Å². The summed E-state index contributed by atoms with van der Waals surface area (Å²) >= 11 is 6.69. The Morgan fingerprint density at radius 1 is 1.28 bits per heavy atom. The average Bonchev–Trinajstić information content (AvgIpc) is 3.00. The number of anilines is 1. The van der Waals surface area contributed by atoms with E-state index in [-0.39, 0.29) is 23.7 Å². The van der Waals surface area contributed by atoms with Crippen molar-refractivity contribution < 1.29 is 9.53 Å². The third-order valence-corrected chi connectivity index (χ3v) is 7.05. The Kier molecular flexibility index (Phi) is 6.69. The third-order valence-electron chi connectivity index (χ3n) is 5.67. The van der Waals surface area contributed by atoms with E-state index in [2.05, 4.69) is 11.8 Å². The van der Waals surface area contributed by atoms with Crippen LogP contribution in [-0.4, -0.2) is 56.4 Å². The Bertz CT molecular complexity index is 1150. The number of carbonyl (C=O) groups is 1. The van der Waals surface area contributed by atoms with Gasteiger partial charge in [-0.2, -0.15) is 0 Å². The Morgan fingerprint density at radius 2 is 2.00 bits per heavy atom. The summed E-state index contributed by atoms with van der Waals surface area (Å²) < 4.78 is 7.97. The molecule has 2 aliphatic heterocycles. The highest BCUT2D eigenvalue weighted by atomic mass is 32.2. The fraction of sp³-hybridized carbons (Fsp3) is 0.478. The second-order valence-electron chi connectivity index (χ2n) is 8.39. The van der Waals surface area contributed by atoms with Crippen LogP contribution in [0.4, 0.5) is 5.82 Å². The van der Waals surface area contributed by atoms with Gasteiger partial charge in [-0.05, 0) is 44.9 Å². The minimum atomic E-state index is -0.195. The number of pyridine rings is 1. The number of aromatic nitrogens is 2. The van der Waals surface area contributed by atoms with Gasteiger partial charge >= 0.3 is 0 Å². The van der Waals surface area contributed by atoms with E-state index in [4.69, 9.17) is 21.9 Å². The Balaban J connectivity index is 1.85. The first-order valence-electron chi connectivity index (χ1n) is 11.0. The van der Waals surface area contributed by atoms with Gasteiger partial charge in [0.1, 0.15) is 15.8 Å². The number of carbonyl (C=O) groups excluding carboxylic acids is 1. The lowest BCUT2D eigenvalue weighted by Crippen LogP contribution is -2.46. The van der Waals surface area contributed by atoms with Gasteiger partial charge < -0.3 is 9.64 Å². The highest BCUT2D eigenvalue weighted by Gasteiger charge is 2.33. The van der Waals surface area contributed by atoms with E-state index in [0.717, 1.165) is 18.4 Å². The molecule has 2 aliphatic rings. The number of amides is 1. The molecule has 32 heavy (non-hydrogen) atoms. The monoisotopic (exact) mass is 472 g/mol. The fourth-order valence-electron chi connectivity index (χ4n) is 4.16. The summed E-state index contributed by atoms with van der Waals surface area (Å²) in [7, 11) is 0. The topological polar surface area (TPSA) is 67.2 Å². The molecule has 2 aromatic heterocycles. The number of aryl methyl sites for hydroxylation is 1.